The molecule has 2 rings (SSSR count). The van der Waals surface area contributed by atoms with Gasteiger partial charge in [-0.25, -0.2) is 4.98 Å². The van der Waals surface area contributed by atoms with Crippen LogP contribution in [0.1, 0.15) is 10.4 Å². The molecule has 116 valence electrons. The maximum absolute atomic E-state index is 12.5. The summed E-state index contributed by atoms with van der Waals surface area (Å²) < 4.78 is 0. The highest BCUT2D eigenvalue weighted by atomic mass is 35.5. The zero-order valence-electron chi connectivity index (χ0n) is 12.5. The van der Waals surface area contributed by atoms with Gasteiger partial charge in [-0.3, -0.25) is 9.69 Å². The van der Waals surface area contributed by atoms with E-state index >= 15 is 0 Å². The topological polar surface area (TPSA) is 65.7 Å². The third-order valence-corrected chi connectivity index (χ3v) is 3.91. The van der Waals surface area contributed by atoms with Gasteiger partial charge in [-0.15, -0.1) is 0 Å². The molecule has 1 amide bonds. The molecule has 7 heteroatoms. The average molecular weight is 312 g/mol. The molecular formula is C14H22ClN5O. The third kappa shape index (κ3) is 4.30. The van der Waals surface area contributed by atoms with E-state index in [4.69, 9.17) is 17.3 Å². The fourth-order valence-corrected chi connectivity index (χ4v) is 2.48. The van der Waals surface area contributed by atoms with Gasteiger partial charge >= 0.3 is 0 Å². The predicted octanol–water partition coefficient (Wildman–Crippen LogP) is 0.637. The molecule has 2 N–H and O–H groups in total. The number of carbonyl (C=O) groups is 1. The zero-order chi connectivity index (χ0) is 15.4. The summed E-state index contributed by atoms with van der Waals surface area (Å²) in [5, 5.41) is 0.212. The fourth-order valence-electron chi connectivity index (χ4n) is 2.30. The molecule has 1 aromatic rings. The van der Waals surface area contributed by atoms with E-state index in [9.17, 15) is 4.79 Å². The van der Waals surface area contributed by atoms with Crippen LogP contribution >= 0.6 is 11.6 Å². The molecule has 0 saturated carbocycles. The van der Waals surface area contributed by atoms with Crippen molar-refractivity contribution in [3.8, 4) is 0 Å². The van der Waals surface area contributed by atoms with Crippen LogP contribution < -0.4 is 5.73 Å². The van der Waals surface area contributed by atoms with Gasteiger partial charge in [0.1, 0.15) is 5.15 Å². The Morgan fingerprint density at radius 2 is 2.05 bits per heavy atom. The van der Waals surface area contributed by atoms with Gasteiger partial charge < -0.3 is 15.5 Å². The first-order valence-electron chi connectivity index (χ1n) is 7.05. The number of pyridine rings is 1. The number of rotatable bonds is 4. The van der Waals surface area contributed by atoms with E-state index < -0.39 is 0 Å². The van der Waals surface area contributed by atoms with Crippen LogP contribution in [-0.2, 0) is 0 Å². The maximum atomic E-state index is 12.5. The highest BCUT2D eigenvalue weighted by Gasteiger charge is 2.24. The lowest BCUT2D eigenvalue weighted by Gasteiger charge is -2.35. The number of anilines is 1. The molecule has 0 bridgehead atoms. The van der Waals surface area contributed by atoms with Crippen molar-refractivity contribution in [3.05, 3.63) is 23.0 Å². The molecule has 1 aliphatic heterocycles. The number of nitrogen functional groups attached to an aromatic ring is 1. The Bertz CT molecular complexity index is 500. The van der Waals surface area contributed by atoms with Crippen LogP contribution in [0.3, 0.4) is 0 Å². The predicted molar refractivity (Wildman–Crippen MR) is 84.6 cm³/mol. The lowest BCUT2D eigenvalue weighted by molar-refractivity contribution is 0.0629. The Hall–Kier alpha value is -1.37. The lowest BCUT2D eigenvalue weighted by Crippen LogP contribution is -2.50. The Labute approximate surface area is 130 Å². The SMILES string of the molecule is CN(C)CCN1CCN(C(=O)c2cc(N)cnc2Cl)CC1. The van der Waals surface area contributed by atoms with E-state index in [1.807, 2.05) is 4.90 Å². The largest absolute Gasteiger partial charge is 0.397 e. The molecule has 21 heavy (non-hydrogen) atoms. The van der Waals surface area contributed by atoms with Crippen molar-refractivity contribution in [1.29, 1.82) is 0 Å². The zero-order valence-corrected chi connectivity index (χ0v) is 13.3. The molecule has 2 heterocycles. The number of halogens is 1. The van der Waals surface area contributed by atoms with Crippen molar-refractivity contribution >= 4 is 23.2 Å². The van der Waals surface area contributed by atoms with Crippen molar-refractivity contribution in [2.24, 2.45) is 0 Å². The van der Waals surface area contributed by atoms with Gasteiger partial charge in [0.25, 0.3) is 5.91 Å². The number of nitrogens with two attached hydrogens (primary N) is 1. The second kappa shape index (κ2) is 7.06. The summed E-state index contributed by atoms with van der Waals surface area (Å²) in [6.45, 7) is 5.23. The van der Waals surface area contributed by atoms with E-state index in [2.05, 4.69) is 28.9 Å². The van der Waals surface area contributed by atoms with Crippen LogP contribution in [-0.4, -0.2) is 79.0 Å². The van der Waals surface area contributed by atoms with Crippen LogP contribution in [0.25, 0.3) is 0 Å². The van der Waals surface area contributed by atoms with E-state index in [0.29, 0.717) is 24.3 Å². The van der Waals surface area contributed by atoms with Gasteiger partial charge in [-0.1, -0.05) is 11.6 Å². The molecule has 1 aliphatic rings. The number of carbonyl (C=O) groups excluding carboxylic acids is 1. The van der Waals surface area contributed by atoms with Crippen molar-refractivity contribution < 1.29 is 4.79 Å². The van der Waals surface area contributed by atoms with Gasteiger partial charge in [0, 0.05) is 39.3 Å². The number of aromatic nitrogens is 1. The standard InChI is InChI=1S/C14H22ClN5O/c1-18(2)3-4-19-5-7-20(8-6-19)14(21)12-9-11(16)10-17-13(12)15/h9-10H,3-8,16H2,1-2H3. The number of nitrogens with zero attached hydrogens (tertiary/aromatic N) is 4. The first kappa shape index (κ1) is 16.0. The molecule has 1 saturated heterocycles. The second-order valence-electron chi connectivity index (χ2n) is 5.54. The highest BCUT2D eigenvalue weighted by Crippen LogP contribution is 2.18. The van der Waals surface area contributed by atoms with Gasteiger partial charge in [0.05, 0.1) is 17.4 Å². The molecule has 0 spiro atoms. The molecule has 0 radical (unpaired) electrons. The lowest BCUT2D eigenvalue weighted by atomic mass is 10.2. The molecular weight excluding hydrogens is 290 g/mol. The fraction of sp³-hybridized carbons (Fsp3) is 0.571. The molecule has 1 aromatic heterocycles. The quantitative estimate of drug-likeness (QED) is 0.827. The minimum atomic E-state index is -0.0907. The van der Waals surface area contributed by atoms with E-state index in [1.165, 1.54) is 6.20 Å². The summed E-state index contributed by atoms with van der Waals surface area (Å²) in [7, 11) is 4.13. The Morgan fingerprint density at radius 3 is 2.67 bits per heavy atom. The van der Waals surface area contributed by atoms with Crippen molar-refractivity contribution in [2.75, 3.05) is 59.1 Å². The number of hydrogen-bond acceptors (Lipinski definition) is 5. The van der Waals surface area contributed by atoms with E-state index in [-0.39, 0.29) is 11.1 Å². The Morgan fingerprint density at radius 1 is 1.38 bits per heavy atom. The maximum Gasteiger partial charge on any atom is 0.257 e. The van der Waals surface area contributed by atoms with Gasteiger partial charge in [-0.05, 0) is 20.2 Å². The van der Waals surface area contributed by atoms with Crippen molar-refractivity contribution in [2.45, 2.75) is 0 Å². The summed E-state index contributed by atoms with van der Waals surface area (Å²) in [5.74, 6) is -0.0907. The smallest absolute Gasteiger partial charge is 0.257 e. The average Bonchev–Trinajstić information content (AvgIpc) is 2.47. The first-order valence-corrected chi connectivity index (χ1v) is 7.42. The molecule has 6 nitrogen and oxygen atoms in total. The third-order valence-electron chi connectivity index (χ3n) is 3.61. The molecule has 0 unspecified atom stereocenters. The minimum absolute atomic E-state index is 0.0907. The van der Waals surface area contributed by atoms with Crippen LogP contribution in [0.5, 0.6) is 0 Å². The molecule has 0 aliphatic carbocycles. The molecule has 0 atom stereocenters. The van der Waals surface area contributed by atoms with Crippen LogP contribution in [0, 0.1) is 0 Å². The van der Waals surface area contributed by atoms with Gasteiger partial charge in [0.2, 0.25) is 0 Å². The molecule has 0 aromatic carbocycles. The van der Waals surface area contributed by atoms with E-state index in [1.54, 1.807) is 6.07 Å². The van der Waals surface area contributed by atoms with Crippen LogP contribution in [0.2, 0.25) is 5.15 Å². The summed E-state index contributed by atoms with van der Waals surface area (Å²) in [4.78, 5) is 22.7. The normalized spacial score (nSPS) is 16.5. The number of hydrogen-bond donors (Lipinski definition) is 1. The minimum Gasteiger partial charge on any atom is -0.397 e. The first-order chi connectivity index (χ1) is 9.97. The summed E-state index contributed by atoms with van der Waals surface area (Å²) >= 11 is 5.99. The second-order valence-corrected chi connectivity index (χ2v) is 5.90. The molecule has 1 fully saturated rings. The highest BCUT2D eigenvalue weighted by molar-refractivity contribution is 6.32. The monoisotopic (exact) mass is 311 g/mol. The summed E-state index contributed by atoms with van der Waals surface area (Å²) in [5.41, 5.74) is 6.52. The summed E-state index contributed by atoms with van der Waals surface area (Å²) in [6, 6.07) is 1.59. The summed E-state index contributed by atoms with van der Waals surface area (Å²) in [6.07, 6.45) is 1.46. The number of likely N-dealkylation sites (N-methyl/N-ethyl adjacent to an activating group) is 1. The van der Waals surface area contributed by atoms with Crippen molar-refractivity contribution in [3.63, 3.8) is 0 Å². The van der Waals surface area contributed by atoms with Crippen molar-refractivity contribution in [1.82, 2.24) is 19.7 Å². The Kier molecular flexibility index (Phi) is 5.39. The van der Waals surface area contributed by atoms with Gasteiger partial charge in [-0.2, -0.15) is 0 Å². The van der Waals surface area contributed by atoms with Crippen LogP contribution in [0.15, 0.2) is 12.3 Å². The van der Waals surface area contributed by atoms with E-state index in [0.717, 1.165) is 26.2 Å². The van der Waals surface area contributed by atoms with Crippen LogP contribution in [0.4, 0.5) is 5.69 Å². The van der Waals surface area contributed by atoms with Gasteiger partial charge in [0.15, 0.2) is 0 Å². The number of amides is 1. The Balaban J connectivity index is 1.92. The number of piperazine rings is 1.